The van der Waals surface area contributed by atoms with Gasteiger partial charge in [0.25, 0.3) is 0 Å². The van der Waals surface area contributed by atoms with Crippen LogP contribution < -0.4 is 10.1 Å². The molecule has 0 saturated carbocycles. The highest BCUT2D eigenvalue weighted by Crippen LogP contribution is 2.29. The monoisotopic (exact) mass is 268 g/mol. The molecule has 20 heavy (non-hydrogen) atoms. The predicted octanol–water partition coefficient (Wildman–Crippen LogP) is 3.73. The van der Waals surface area contributed by atoms with Crippen LogP contribution in [0.15, 0.2) is 53.1 Å². The van der Waals surface area contributed by atoms with E-state index in [1.807, 2.05) is 49.4 Å². The molecule has 4 heteroatoms. The van der Waals surface area contributed by atoms with Gasteiger partial charge in [-0.1, -0.05) is 43.3 Å². The van der Waals surface area contributed by atoms with Crippen molar-refractivity contribution in [1.29, 1.82) is 0 Å². The van der Waals surface area contributed by atoms with Crippen LogP contribution in [0.25, 0.3) is 10.8 Å². The maximum Gasteiger partial charge on any atom is 0.399 e. The van der Waals surface area contributed by atoms with E-state index in [0.717, 1.165) is 28.8 Å². The third-order valence-corrected chi connectivity index (χ3v) is 3.03. The van der Waals surface area contributed by atoms with Crippen LogP contribution in [0.1, 0.15) is 12.6 Å². The van der Waals surface area contributed by atoms with Crippen molar-refractivity contribution in [1.82, 2.24) is 10.3 Å². The van der Waals surface area contributed by atoms with Gasteiger partial charge in [0.05, 0.1) is 5.69 Å². The number of hydrogen-bond donors (Lipinski definition) is 1. The molecule has 0 spiro atoms. The van der Waals surface area contributed by atoms with E-state index < -0.39 is 0 Å². The van der Waals surface area contributed by atoms with Gasteiger partial charge in [-0.05, 0) is 18.0 Å². The summed E-state index contributed by atoms with van der Waals surface area (Å²) in [6.07, 6.45) is 1.89. The van der Waals surface area contributed by atoms with Crippen molar-refractivity contribution in [2.75, 3.05) is 6.54 Å². The van der Waals surface area contributed by atoms with Gasteiger partial charge in [-0.3, -0.25) is 0 Å². The number of nitrogens with zero attached hydrogens (tertiary/aromatic N) is 1. The van der Waals surface area contributed by atoms with Gasteiger partial charge in [0, 0.05) is 11.9 Å². The van der Waals surface area contributed by atoms with Gasteiger partial charge in [-0.15, -0.1) is 0 Å². The van der Waals surface area contributed by atoms with E-state index in [1.54, 1.807) is 6.26 Å². The van der Waals surface area contributed by atoms with Crippen LogP contribution in [0, 0.1) is 0 Å². The Kier molecular flexibility index (Phi) is 3.65. The van der Waals surface area contributed by atoms with Crippen LogP contribution in [0.5, 0.6) is 11.8 Å². The van der Waals surface area contributed by atoms with Crippen molar-refractivity contribution >= 4 is 10.8 Å². The normalized spacial score (nSPS) is 10.8. The van der Waals surface area contributed by atoms with E-state index in [1.165, 1.54) is 0 Å². The molecule has 0 aliphatic rings. The highest BCUT2D eigenvalue weighted by Gasteiger charge is 2.08. The van der Waals surface area contributed by atoms with Crippen LogP contribution in [0.3, 0.4) is 0 Å². The quantitative estimate of drug-likeness (QED) is 0.766. The number of rotatable bonds is 5. The number of hydrogen-bond acceptors (Lipinski definition) is 4. The summed E-state index contributed by atoms with van der Waals surface area (Å²) in [5, 5.41) is 5.37. The summed E-state index contributed by atoms with van der Waals surface area (Å²) in [5.74, 6) is 0.750. The number of ether oxygens (including phenoxy) is 1. The minimum absolute atomic E-state index is 0.272. The summed E-state index contributed by atoms with van der Waals surface area (Å²) in [4.78, 5) is 4.30. The summed E-state index contributed by atoms with van der Waals surface area (Å²) < 4.78 is 11.1. The summed E-state index contributed by atoms with van der Waals surface area (Å²) >= 11 is 0. The molecule has 0 fully saturated rings. The lowest BCUT2D eigenvalue weighted by molar-refractivity contribution is 0.333. The smallest absolute Gasteiger partial charge is 0.399 e. The Morgan fingerprint density at radius 2 is 2.00 bits per heavy atom. The van der Waals surface area contributed by atoms with E-state index in [9.17, 15) is 0 Å². The van der Waals surface area contributed by atoms with Crippen molar-refractivity contribution in [3.8, 4) is 11.8 Å². The number of aromatic nitrogens is 1. The first-order valence-corrected chi connectivity index (χ1v) is 6.67. The van der Waals surface area contributed by atoms with Gasteiger partial charge in [0.15, 0.2) is 0 Å². The van der Waals surface area contributed by atoms with Crippen molar-refractivity contribution in [2.45, 2.75) is 13.5 Å². The highest BCUT2D eigenvalue weighted by atomic mass is 16.6. The van der Waals surface area contributed by atoms with E-state index in [0.29, 0.717) is 6.54 Å². The fraction of sp³-hybridized carbons (Fsp3) is 0.188. The van der Waals surface area contributed by atoms with Gasteiger partial charge in [-0.25, -0.2) is 0 Å². The molecule has 3 rings (SSSR count). The standard InChI is InChI=1S/C16H16N2O2/c1-2-17-10-13-11-19-16(18-13)20-15-9-5-7-12-6-3-4-8-14(12)15/h3-9,11,17H,2,10H2,1H3. The zero-order chi connectivity index (χ0) is 13.8. The third-order valence-electron chi connectivity index (χ3n) is 3.03. The summed E-state index contributed by atoms with van der Waals surface area (Å²) in [6.45, 7) is 3.62. The summed E-state index contributed by atoms with van der Waals surface area (Å²) in [5.41, 5.74) is 0.835. The molecule has 0 amide bonds. The number of nitrogens with one attached hydrogen (secondary N) is 1. The molecule has 102 valence electrons. The van der Waals surface area contributed by atoms with E-state index in [-0.39, 0.29) is 6.08 Å². The number of oxazole rings is 1. The average Bonchev–Trinajstić information content (AvgIpc) is 2.93. The zero-order valence-electron chi connectivity index (χ0n) is 11.3. The van der Waals surface area contributed by atoms with Gasteiger partial charge in [0.2, 0.25) is 0 Å². The molecule has 2 aromatic carbocycles. The van der Waals surface area contributed by atoms with Gasteiger partial charge in [0.1, 0.15) is 12.0 Å². The maximum atomic E-state index is 5.75. The van der Waals surface area contributed by atoms with Crippen molar-refractivity contribution in [3.05, 3.63) is 54.4 Å². The molecule has 1 aromatic heterocycles. The second kappa shape index (κ2) is 5.75. The van der Waals surface area contributed by atoms with Crippen LogP contribution in [-0.4, -0.2) is 11.5 Å². The molecule has 0 atom stereocenters. The van der Waals surface area contributed by atoms with Gasteiger partial charge in [-0.2, -0.15) is 4.98 Å². The lowest BCUT2D eigenvalue weighted by Gasteiger charge is -2.04. The highest BCUT2D eigenvalue weighted by molar-refractivity contribution is 5.88. The summed E-state index contributed by atoms with van der Waals surface area (Å²) in [6, 6.07) is 14.0. The molecule has 0 unspecified atom stereocenters. The van der Waals surface area contributed by atoms with E-state index in [4.69, 9.17) is 9.15 Å². The van der Waals surface area contributed by atoms with Crippen LogP contribution in [0.4, 0.5) is 0 Å². The maximum absolute atomic E-state index is 5.75. The fourth-order valence-electron chi connectivity index (χ4n) is 2.05. The zero-order valence-corrected chi connectivity index (χ0v) is 11.3. The molecule has 0 saturated heterocycles. The fourth-order valence-corrected chi connectivity index (χ4v) is 2.05. The van der Waals surface area contributed by atoms with Crippen molar-refractivity contribution in [3.63, 3.8) is 0 Å². The average molecular weight is 268 g/mol. The minimum Gasteiger partial charge on any atom is -0.417 e. The molecule has 4 nitrogen and oxygen atoms in total. The Balaban J connectivity index is 1.84. The molecule has 1 heterocycles. The lowest BCUT2D eigenvalue weighted by atomic mass is 10.1. The van der Waals surface area contributed by atoms with Crippen LogP contribution in [-0.2, 0) is 6.54 Å². The predicted molar refractivity (Wildman–Crippen MR) is 77.9 cm³/mol. The van der Waals surface area contributed by atoms with Gasteiger partial charge >= 0.3 is 6.08 Å². The Bertz CT molecular complexity index is 701. The van der Waals surface area contributed by atoms with Crippen LogP contribution >= 0.6 is 0 Å². The van der Waals surface area contributed by atoms with Crippen molar-refractivity contribution < 1.29 is 9.15 Å². The lowest BCUT2D eigenvalue weighted by Crippen LogP contribution is -2.11. The Morgan fingerprint density at radius 1 is 1.15 bits per heavy atom. The minimum atomic E-state index is 0.272. The first-order valence-electron chi connectivity index (χ1n) is 6.67. The SMILES string of the molecule is CCNCc1coc(Oc2cccc3ccccc23)n1. The first-order chi connectivity index (χ1) is 9.86. The second-order valence-electron chi connectivity index (χ2n) is 4.46. The largest absolute Gasteiger partial charge is 0.417 e. The van der Waals surface area contributed by atoms with Crippen LogP contribution in [0.2, 0.25) is 0 Å². The van der Waals surface area contributed by atoms with E-state index in [2.05, 4.69) is 10.3 Å². The topological polar surface area (TPSA) is 47.3 Å². The number of fused-ring (bicyclic) bond motifs is 1. The Hall–Kier alpha value is -2.33. The molecular formula is C16H16N2O2. The molecule has 0 radical (unpaired) electrons. The van der Waals surface area contributed by atoms with Crippen molar-refractivity contribution in [2.24, 2.45) is 0 Å². The summed E-state index contributed by atoms with van der Waals surface area (Å²) in [7, 11) is 0. The molecule has 0 aliphatic heterocycles. The molecule has 1 N–H and O–H groups in total. The van der Waals surface area contributed by atoms with Gasteiger partial charge < -0.3 is 14.5 Å². The molecule has 3 aromatic rings. The Labute approximate surface area is 117 Å². The molecule has 0 aliphatic carbocycles. The molecule has 0 bridgehead atoms. The first kappa shape index (κ1) is 12.7. The number of benzene rings is 2. The Morgan fingerprint density at radius 3 is 2.90 bits per heavy atom. The molecular weight excluding hydrogens is 252 g/mol. The third kappa shape index (κ3) is 2.65. The van der Waals surface area contributed by atoms with E-state index >= 15 is 0 Å². The second-order valence-corrected chi connectivity index (χ2v) is 4.46.